The molecule has 0 aliphatic heterocycles. The fourth-order valence-electron chi connectivity index (χ4n) is 2.96. The van der Waals surface area contributed by atoms with Gasteiger partial charge in [-0.15, -0.1) is 0 Å². The molecule has 2 rings (SSSR count). The molecule has 25 heavy (non-hydrogen) atoms. The Morgan fingerprint density at radius 1 is 1.12 bits per heavy atom. The lowest BCUT2D eigenvalue weighted by Gasteiger charge is -2.21. The van der Waals surface area contributed by atoms with Gasteiger partial charge in [-0.25, -0.2) is 8.42 Å². The SMILES string of the molecule is C=CCOc1cccc(CN(C)S(=O)(=O)c2c(C)cc(C)cc2C)c1. The summed E-state index contributed by atoms with van der Waals surface area (Å²) in [7, 11) is -1.97. The van der Waals surface area contributed by atoms with Crippen LogP contribution in [0.4, 0.5) is 0 Å². The average Bonchev–Trinajstić information content (AvgIpc) is 2.52. The van der Waals surface area contributed by atoms with Gasteiger partial charge in [0, 0.05) is 13.6 Å². The van der Waals surface area contributed by atoms with Crippen molar-refractivity contribution in [3.8, 4) is 5.75 Å². The number of hydrogen-bond acceptors (Lipinski definition) is 3. The molecule has 2 aromatic rings. The van der Waals surface area contributed by atoms with E-state index in [-0.39, 0.29) is 6.54 Å². The standard InChI is InChI=1S/C20H25NO3S/c1-6-10-24-19-9-7-8-18(13-19)14-21(5)25(22,23)20-16(3)11-15(2)12-17(20)4/h6-9,11-13H,1,10,14H2,2-5H3. The number of hydrogen-bond donors (Lipinski definition) is 0. The quantitative estimate of drug-likeness (QED) is 0.702. The van der Waals surface area contributed by atoms with Gasteiger partial charge in [-0.2, -0.15) is 4.31 Å². The van der Waals surface area contributed by atoms with Gasteiger partial charge < -0.3 is 4.74 Å². The molecule has 0 aliphatic carbocycles. The summed E-state index contributed by atoms with van der Waals surface area (Å²) >= 11 is 0. The van der Waals surface area contributed by atoms with Gasteiger partial charge in [-0.1, -0.05) is 42.5 Å². The minimum atomic E-state index is -3.57. The molecule has 0 heterocycles. The minimum Gasteiger partial charge on any atom is -0.490 e. The molecule has 0 aromatic heterocycles. The number of sulfonamides is 1. The first-order valence-electron chi connectivity index (χ1n) is 8.12. The van der Waals surface area contributed by atoms with Crippen LogP contribution in [0.1, 0.15) is 22.3 Å². The highest BCUT2D eigenvalue weighted by atomic mass is 32.2. The van der Waals surface area contributed by atoms with E-state index in [9.17, 15) is 8.42 Å². The van der Waals surface area contributed by atoms with Crippen molar-refractivity contribution >= 4 is 10.0 Å². The molecule has 0 saturated carbocycles. The fraction of sp³-hybridized carbons (Fsp3) is 0.300. The monoisotopic (exact) mass is 359 g/mol. The minimum absolute atomic E-state index is 0.278. The molecule has 5 heteroatoms. The first-order valence-corrected chi connectivity index (χ1v) is 9.56. The third-order valence-electron chi connectivity index (χ3n) is 3.94. The molecule has 2 aromatic carbocycles. The van der Waals surface area contributed by atoms with Gasteiger partial charge in [0.1, 0.15) is 12.4 Å². The zero-order valence-electron chi connectivity index (χ0n) is 15.2. The third-order valence-corrected chi connectivity index (χ3v) is 6.05. The Morgan fingerprint density at radius 2 is 1.76 bits per heavy atom. The van der Waals surface area contributed by atoms with E-state index in [1.165, 1.54) is 4.31 Å². The van der Waals surface area contributed by atoms with Crippen molar-refractivity contribution in [2.75, 3.05) is 13.7 Å². The van der Waals surface area contributed by atoms with Gasteiger partial charge in [-0.3, -0.25) is 0 Å². The van der Waals surface area contributed by atoms with Crippen LogP contribution in [-0.4, -0.2) is 26.4 Å². The molecular weight excluding hydrogens is 334 g/mol. The molecule has 0 fully saturated rings. The van der Waals surface area contributed by atoms with E-state index < -0.39 is 10.0 Å². The molecule has 0 aliphatic rings. The second-order valence-corrected chi connectivity index (χ2v) is 8.22. The van der Waals surface area contributed by atoms with Crippen molar-refractivity contribution < 1.29 is 13.2 Å². The zero-order chi connectivity index (χ0) is 18.6. The highest BCUT2D eigenvalue weighted by Gasteiger charge is 2.25. The Morgan fingerprint density at radius 3 is 2.36 bits per heavy atom. The van der Waals surface area contributed by atoms with E-state index in [1.807, 2.05) is 57.2 Å². The largest absolute Gasteiger partial charge is 0.490 e. The maximum Gasteiger partial charge on any atom is 0.243 e. The summed E-state index contributed by atoms with van der Waals surface area (Å²) in [5.41, 5.74) is 3.47. The molecule has 0 saturated heterocycles. The summed E-state index contributed by atoms with van der Waals surface area (Å²) < 4.78 is 32.9. The zero-order valence-corrected chi connectivity index (χ0v) is 16.1. The predicted octanol–water partition coefficient (Wildman–Crippen LogP) is 4.00. The van der Waals surface area contributed by atoms with Crippen molar-refractivity contribution in [3.05, 3.63) is 71.3 Å². The molecule has 0 atom stereocenters. The van der Waals surface area contributed by atoms with Crippen molar-refractivity contribution in [2.24, 2.45) is 0 Å². The van der Waals surface area contributed by atoms with Crippen LogP contribution in [0.5, 0.6) is 5.75 Å². The van der Waals surface area contributed by atoms with Crippen LogP contribution < -0.4 is 4.74 Å². The van der Waals surface area contributed by atoms with Crippen LogP contribution >= 0.6 is 0 Å². The summed E-state index contributed by atoms with van der Waals surface area (Å²) in [4.78, 5) is 0.389. The van der Waals surface area contributed by atoms with Gasteiger partial charge in [0.2, 0.25) is 10.0 Å². The molecule has 4 nitrogen and oxygen atoms in total. The lowest BCUT2D eigenvalue weighted by molar-refractivity contribution is 0.362. The Labute approximate surface area is 150 Å². The van der Waals surface area contributed by atoms with Gasteiger partial charge >= 0.3 is 0 Å². The highest BCUT2D eigenvalue weighted by molar-refractivity contribution is 7.89. The van der Waals surface area contributed by atoms with E-state index >= 15 is 0 Å². The van der Waals surface area contributed by atoms with Gasteiger partial charge in [-0.05, 0) is 49.6 Å². The van der Waals surface area contributed by atoms with E-state index in [0.29, 0.717) is 17.3 Å². The van der Waals surface area contributed by atoms with E-state index in [0.717, 1.165) is 22.3 Å². The predicted molar refractivity (Wildman–Crippen MR) is 101 cm³/mol. The lowest BCUT2D eigenvalue weighted by atomic mass is 10.1. The molecule has 0 amide bonds. The van der Waals surface area contributed by atoms with Gasteiger partial charge in [0.15, 0.2) is 0 Å². The number of nitrogens with zero attached hydrogens (tertiary/aromatic N) is 1. The molecule has 0 spiro atoms. The number of benzene rings is 2. The van der Waals surface area contributed by atoms with Crippen molar-refractivity contribution in [1.82, 2.24) is 4.31 Å². The molecule has 0 bridgehead atoms. The summed E-state index contributed by atoms with van der Waals surface area (Å²) in [6.07, 6.45) is 1.67. The first-order chi connectivity index (χ1) is 11.8. The second kappa shape index (κ2) is 7.85. The van der Waals surface area contributed by atoms with E-state index in [4.69, 9.17) is 4.74 Å². The molecule has 0 N–H and O–H groups in total. The Bertz CT molecular complexity index is 849. The summed E-state index contributed by atoms with van der Waals surface area (Å²) in [5, 5.41) is 0. The van der Waals surface area contributed by atoms with E-state index in [2.05, 4.69) is 6.58 Å². The average molecular weight is 359 g/mol. The third kappa shape index (κ3) is 4.50. The second-order valence-electron chi connectivity index (χ2n) is 6.24. The van der Waals surface area contributed by atoms with Crippen LogP contribution in [0.25, 0.3) is 0 Å². The summed E-state index contributed by atoms with van der Waals surface area (Å²) in [5.74, 6) is 0.700. The summed E-state index contributed by atoms with van der Waals surface area (Å²) in [6.45, 7) is 9.96. The van der Waals surface area contributed by atoms with Crippen LogP contribution in [0.2, 0.25) is 0 Å². The first kappa shape index (κ1) is 19.2. The molecular formula is C20H25NO3S. The van der Waals surface area contributed by atoms with Crippen molar-refractivity contribution in [2.45, 2.75) is 32.2 Å². The van der Waals surface area contributed by atoms with Crippen molar-refractivity contribution in [1.29, 1.82) is 0 Å². The van der Waals surface area contributed by atoms with E-state index in [1.54, 1.807) is 13.1 Å². The van der Waals surface area contributed by atoms with Gasteiger partial charge in [0.05, 0.1) is 4.90 Å². The maximum atomic E-state index is 13.0. The Balaban J connectivity index is 2.28. The Hall–Kier alpha value is -2.11. The number of rotatable bonds is 7. The smallest absolute Gasteiger partial charge is 0.243 e. The topological polar surface area (TPSA) is 46.6 Å². The molecule has 0 radical (unpaired) electrons. The lowest BCUT2D eigenvalue weighted by Crippen LogP contribution is -2.27. The molecule has 0 unspecified atom stereocenters. The van der Waals surface area contributed by atoms with Gasteiger partial charge in [0.25, 0.3) is 0 Å². The van der Waals surface area contributed by atoms with Crippen LogP contribution in [0, 0.1) is 20.8 Å². The number of aryl methyl sites for hydroxylation is 3. The van der Waals surface area contributed by atoms with Crippen LogP contribution in [0.15, 0.2) is 53.9 Å². The highest BCUT2D eigenvalue weighted by Crippen LogP contribution is 2.26. The van der Waals surface area contributed by atoms with Crippen LogP contribution in [-0.2, 0) is 16.6 Å². The normalized spacial score (nSPS) is 11.6. The summed E-state index contributed by atoms with van der Waals surface area (Å²) in [6, 6.07) is 11.2. The molecule has 134 valence electrons. The Kier molecular flexibility index (Phi) is 6.03. The number of ether oxygens (including phenoxy) is 1. The fourth-order valence-corrected chi connectivity index (χ4v) is 4.52. The van der Waals surface area contributed by atoms with Crippen LogP contribution in [0.3, 0.4) is 0 Å². The van der Waals surface area contributed by atoms with Crippen molar-refractivity contribution in [3.63, 3.8) is 0 Å². The maximum absolute atomic E-state index is 13.0.